The molecular formula is C14H14BrFN4O2. The van der Waals surface area contributed by atoms with Crippen molar-refractivity contribution in [1.29, 1.82) is 0 Å². The van der Waals surface area contributed by atoms with Crippen LogP contribution in [0.4, 0.5) is 10.1 Å². The summed E-state index contributed by atoms with van der Waals surface area (Å²) in [5, 5.41) is 11.8. The second-order valence-electron chi connectivity index (χ2n) is 4.31. The molecule has 0 atom stereocenters. The Bertz CT molecular complexity index is 664. The SMILES string of the molecule is N/C(=C\Nc1ccc(F)c(Br)c1)COc1ncc(CO)cn1. The Kier molecular flexibility index (Phi) is 5.68. The van der Waals surface area contributed by atoms with Crippen LogP contribution >= 0.6 is 15.9 Å². The highest BCUT2D eigenvalue weighted by atomic mass is 79.9. The molecule has 2 rings (SSSR count). The standard InChI is InChI=1S/C14H14BrFN4O2/c15-12-3-11(1-2-13(12)16)18-6-10(17)8-22-14-19-4-9(7-21)5-20-14/h1-6,18,21H,7-8,17H2/b10-6-. The number of nitrogens with zero attached hydrogens (tertiary/aromatic N) is 2. The van der Waals surface area contributed by atoms with Crippen LogP contribution in [0.1, 0.15) is 5.56 Å². The van der Waals surface area contributed by atoms with E-state index in [4.69, 9.17) is 15.6 Å². The van der Waals surface area contributed by atoms with Crippen LogP contribution in [-0.2, 0) is 6.61 Å². The first-order chi connectivity index (χ1) is 10.6. The highest BCUT2D eigenvalue weighted by Crippen LogP contribution is 2.19. The van der Waals surface area contributed by atoms with E-state index in [-0.39, 0.29) is 25.0 Å². The summed E-state index contributed by atoms with van der Waals surface area (Å²) in [5.41, 5.74) is 7.47. The van der Waals surface area contributed by atoms with Gasteiger partial charge in [0.05, 0.1) is 16.8 Å². The summed E-state index contributed by atoms with van der Waals surface area (Å²) in [4.78, 5) is 7.83. The summed E-state index contributed by atoms with van der Waals surface area (Å²) in [7, 11) is 0. The van der Waals surface area contributed by atoms with Crippen molar-refractivity contribution in [2.24, 2.45) is 5.73 Å². The minimum atomic E-state index is -0.339. The molecule has 0 amide bonds. The number of nitrogens with two attached hydrogens (primary N) is 1. The Morgan fingerprint density at radius 1 is 1.41 bits per heavy atom. The van der Waals surface area contributed by atoms with E-state index in [1.54, 1.807) is 18.3 Å². The lowest BCUT2D eigenvalue weighted by Crippen LogP contribution is -2.12. The molecule has 4 N–H and O–H groups in total. The van der Waals surface area contributed by atoms with Gasteiger partial charge in [-0.25, -0.2) is 14.4 Å². The molecule has 1 aromatic heterocycles. The average molecular weight is 369 g/mol. The molecule has 0 fully saturated rings. The van der Waals surface area contributed by atoms with Crippen molar-refractivity contribution in [2.75, 3.05) is 11.9 Å². The smallest absolute Gasteiger partial charge is 0.316 e. The minimum absolute atomic E-state index is 0.0911. The van der Waals surface area contributed by atoms with Crippen LogP contribution in [0.15, 0.2) is 47.0 Å². The van der Waals surface area contributed by atoms with Crippen LogP contribution in [0.3, 0.4) is 0 Å². The van der Waals surface area contributed by atoms with Crippen LogP contribution < -0.4 is 15.8 Å². The summed E-state index contributed by atoms with van der Waals surface area (Å²) in [6.07, 6.45) is 4.48. The highest BCUT2D eigenvalue weighted by molar-refractivity contribution is 9.10. The van der Waals surface area contributed by atoms with E-state index >= 15 is 0 Å². The van der Waals surface area contributed by atoms with Gasteiger partial charge in [0.15, 0.2) is 0 Å². The predicted molar refractivity (Wildman–Crippen MR) is 83.4 cm³/mol. The zero-order chi connectivity index (χ0) is 15.9. The van der Waals surface area contributed by atoms with Crippen LogP contribution in [0.2, 0.25) is 0 Å². The van der Waals surface area contributed by atoms with Gasteiger partial charge in [-0.1, -0.05) is 0 Å². The van der Waals surface area contributed by atoms with Gasteiger partial charge in [-0.05, 0) is 34.1 Å². The van der Waals surface area contributed by atoms with Gasteiger partial charge in [-0.3, -0.25) is 0 Å². The van der Waals surface area contributed by atoms with Crippen LogP contribution in [0, 0.1) is 5.82 Å². The number of nitrogens with one attached hydrogen (secondary N) is 1. The van der Waals surface area contributed by atoms with Crippen LogP contribution in [-0.4, -0.2) is 21.7 Å². The fourth-order valence-corrected chi connectivity index (χ4v) is 1.83. The topological polar surface area (TPSA) is 93.3 Å². The fraction of sp³-hybridized carbons (Fsp3) is 0.143. The molecule has 0 saturated carbocycles. The third kappa shape index (κ3) is 4.68. The number of aliphatic hydroxyl groups excluding tert-OH is 1. The van der Waals surface area contributed by atoms with Gasteiger partial charge in [0.2, 0.25) is 0 Å². The molecule has 6 nitrogen and oxygen atoms in total. The van der Waals surface area contributed by atoms with Gasteiger partial charge < -0.3 is 20.9 Å². The molecular weight excluding hydrogens is 355 g/mol. The van der Waals surface area contributed by atoms with E-state index in [1.165, 1.54) is 18.5 Å². The van der Waals surface area contributed by atoms with E-state index < -0.39 is 0 Å². The molecule has 22 heavy (non-hydrogen) atoms. The van der Waals surface area contributed by atoms with E-state index in [9.17, 15) is 4.39 Å². The van der Waals surface area contributed by atoms with Crippen molar-refractivity contribution in [2.45, 2.75) is 6.61 Å². The summed E-state index contributed by atoms with van der Waals surface area (Å²) >= 11 is 3.10. The van der Waals surface area contributed by atoms with Gasteiger partial charge in [-0.2, -0.15) is 0 Å². The van der Waals surface area contributed by atoms with Crippen molar-refractivity contribution in [3.8, 4) is 6.01 Å². The van der Waals surface area contributed by atoms with Gasteiger partial charge in [0.25, 0.3) is 0 Å². The van der Waals surface area contributed by atoms with E-state index in [0.717, 1.165) is 0 Å². The summed E-state index contributed by atoms with van der Waals surface area (Å²) in [5.74, 6) is -0.339. The Morgan fingerprint density at radius 3 is 2.77 bits per heavy atom. The van der Waals surface area contributed by atoms with E-state index in [1.807, 2.05) is 0 Å². The van der Waals surface area contributed by atoms with Crippen molar-refractivity contribution >= 4 is 21.6 Å². The summed E-state index contributed by atoms with van der Waals surface area (Å²) < 4.78 is 18.7. The van der Waals surface area contributed by atoms with Crippen molar-refractivity contribution in [3.63, 3.8) is 0 Å². The number of halogens is 2. The fourth-order valence-electron chi connectivity index (χ4n) is 1.45. The van der Waals surface area contributed by atoms with Gasteiger partial charge in [0, 0.05) is 29.8 Å². The lowest BCUT2D eigenvalue weighted by atomic mass is 10.3. The lowest BCUT2D eigenvalue weighted by Gasteiger charge is -2.06. The van der Waals surface area contributed by atoms with Crippen molar-refractivity contribution in [1.82, 2.24) is 9.97 Å². The number of ether oxygens (including phenoxy) is 1. The molecule has 1 aromatic carbocycles. The number of hydrogen-bond donors (Lipinski definition) is 3. The van der Waals surface area contributed by atoms with Crippen LogP contribution in [0.5, 0.6) is 6.01 Å². The normalized spacial score (nSPS) is 11.3. The first kappa shape index (κ1) is 16.2. The number of rotatable bonds is 6. The minimum Gasteiger partial charge on any atom is -0.457 e. The first-order valence-corrected chi connectivity index (χ1v) is 7.08. The number of hydrogen-bond acceptors (Lipinski definition) is 6. The maximum atomic E-state index is 13.1. The Morgan fingerprint density at radius 2 is 2.14 bits per heavy atom. The maximum Gasteiger partial charge on any atom is 0.316 e. The van der Waals surface area contributed by atoms with E-state index in [0.29, 0.717) is 21.4 Å². The molecule has 1 heterocycles. The highest BCUT2D eigenvalue weighted by Gasteiger charge is 2.01. The largest absolute Gasteiger partial charge is 0.457 e. The molecule has 0 aliphatic rings. The van der Waals surface area contributed by atoms with Crippen molar-refractivity contribution in [3.05, 3.63) is 58.3 Å². The lowest BCUT2D eigenvalue weighted by molar-refractivity contribution is 0.278. The number of aliphatic hydroxyl groups is 1. The van der Waals surface area contributed by atoms with Gasteiger partial charge >= 0.3 is 6.01 Å². The molecule has 0 bridgehead atoms. The van der Waals surface area contributed by atoms with Gasteiger partial charge in [-0.15, -0.1) is 0 Å². The Labute approximate surface area is 135 Å². The average Bonchev–Trinajstić information content (AvgIpc) is 2.54. The summed E-state index contributed by atoms with van der Waals surface area (Å²) in [6.45, 7) is -0.0344. The molecule has 0 aliphatic carbocycles. The van der Waals surface area contributed by atoms with Crippen LogP contribution in [0.25, 0.3) is 0 Å². The molecule has 8 heteroatoms. The quantitative estimate of drug-likeness (QED) is 0.723. The van der Waals surface area contributed by atoms with E-state index in [2.05, 4.69) is 31.2 Å². The molecule has 0 unspecified atom stereocenters. The third-order valence-electron chi connectivity index (χ3n) is 2.58. The Balaban J connectivity index is 1.87. The second-order valence-corrected chi connectivity index (χ2v) is 5.17. The molecule has 0 aliphatic heterocycles. The zero-order valence-electron chi connectivity index (χ0n) is 11.5. The molecule has 2 aromatic rings. The molecule has 0 radical (unpaired) electrons. The zero-order valence-corrected chi connectivity index (χ0v) is 13.0. The third-order valence-corrected chi connectivity index (χ3v) is 3.18. The molecule has 116 valence electrons. The Hall–Kier alpha value is -2.19. The molecule has 0 spiro atoms. The maximum absolute atomic E-state index is 13.1. The number of benzene rings is 1. The van der Waals surface area contributed by atoms with Crippen molar-refractivity contribution < 1.29 is 14.2 Å². The second kappa shape index (κ2) is 7.71. The number of anilines is 1. The number of aromatic nitrogens is 2. The molecule has 0 saturated heterocycles. The summed E-state index contributed by atoms with van der Waals surface area (Å²) in [6, 6.07) is 4.68. The monoisotopic (exact) mass is 368 g/mol. The van der Waals surface area contributed by atoms with Gasteiger partial charge in [0.1, 0.15) is 12.4 Å². The first-order valence-electron chi connectivity index (χ1n) is 6.29. The predicted octanol–water partition coefficient (Wildman–Crippen LogP) is 2.16.